The van der Waals surface area contributed by atoms with Gasteiger partial charge in [0.25, 0.3) is 5.91 Å². The number of benzene rings is 1. The van der Waals surface area contributed by atoms with Gasteiger partial charge in [-0.1, -0.05) is 0 Å². The van der Waals surface area contributed by atoms with E-state index in [1.54, 1.807) is 24.3 Å². The van der Waals surface area contributed by atoms with Crippen LogP contribution in [0.5, 0.6) is 0 Å². The van der Waals surface area contributed by atoms with E-state index in [2.05, 4.69) is 15.4 Å². The minimum Gasteiger partial charge on any atom is -0.440 e. The zero-order chi connectivity index (χ0) is 21.0. The number of nitrogens with zero attached hydrogens (tertiary/aromatic N) is 1. The Balaban J connectivity index is 1.43. The van der Waals surface area contributed by atoms with E-state index in [0.29, 0.717) is 24.1 Å². The van der Waals surface area contributed by atoms with E-state index in [-0.39, 0.29) is 36.9 Å². The average Bonchev–Trinajstić information content (AvgIpc) is 3.50. The van der Waals surface area contributed by atoms with Crippen LogP contribution in [-0.2, 0) is 9.53 Å². The first-order valence-electron chi connectivity index (χ1n) is 9.41. The molecule has 1 heterocycles. The zero-order valence-corrected chi connectivity index (χ0v) is 15.6. The van der Waals surface area contributed by atoms with Gasteiger partial charge in [-0.15, -0.1) is 0 Å². The van der Waals surface area contributed by atoms with E-state index in [4.69, 9.17) is 0 Å². The van der Waals surface area contributed by atoms with Crippen LogP contribution >= 0.6 is 0 Å². The molecule has 0 aromatic heterocycles. The second kappa shape index (κ2) is 8.71. The highest BCUT2D eigenvalue weighted by molar-refractivity contribution is 5.96. The molecule has 3 amide bonds. The smallest absolute Gasteiger partial charge is 0.422 e. The van der Waals surface area contributed by atoms with E-state index in [1.165, 1.54) is 4.90 Å². The normalized spacial score (nSPS) is 17.6. The molecule has 29 heavy (non-hydrogen) atoms. The van der Waals surface area contributed by atoms with Gasteiger partial charge in [-0.05, 0) is 49.9 Å². The minimum absolute atomic E-state index is 0.143. The van der Waals surface area contributed by atoms with E-state index in [0.717, 1.165) is 12.8 Å². The number of likely N-dealkylation sites (tertiary alicyclic amines) is 1. The number of anilines is 1. The maximum absolute atomic E-state index is 12.4. The molecule has 1 aliphatic heterocycles. The second-order valence-corrected chi connectivity index (χ2v) is 7.25. The first kappa shape index (κ1) is 20.9. The molecule has 1 aromatic carbocycles. The molecule has 10 heteroatoms. The topological polar surface area (TPSA) is 87.7 Å². The van der Waals surface area contributed by atoms with Crippen molar-refractivity contribution in [1.29, 1.82) is 0 Å². The van der Waals surface area contributed by atoms with Gasteiger partial charge in [-0.2, -0.15) is 13.2 Å². The summed E-state index contributed by atoms with van der Waals surface area (Å²) in [6, 6.07) is 6.81. The lowest BCUT2D eigenvalue weighted by molar-refractivity contribution is -0.162. The van der Waals surface area contributed by atoms with Crippen molar-refractivity contribution in [2.45, 2.75) is 37.9 Å². The van der Waals surface area contributed by atoms with Crippen LogP contribution < -0.4 is 10.6 Å². The molecule has 1 aliphatic carbocycles. The number of carbonyl (C=O) groups excluding carboxylic acids is 3. The van der Waals surface area contributed by atoms with Gasteiger partial charge in [0, 0.05) is 36.3 Å². The maximum atomic E-state index is 12.4. The fourth-order valence-electron chi connectivity index (χ4n) is 3.00. The van der Waals surface area contributed by atoms with E-state index >= 15 is 0 Å². The molecule has 0 bridgehead atoms. The van der Waals surface area contributed by atoms with Crippen LogP contribution in [0.4, 0.5) is 23.7 Å². The van der Waals surface area contributed by atoms with Crippen LogP contribution in [0, 0.1) is 5.92 Å². The van der Waals surface area contributed by atoms with Crippen LogP contribution in [0.25, 0.3) is 0 Å². The number of halogens is 3. The van der Waals surface area contributed by atoms with Gasteiger partial charge in [-0.3, -0.25) is 9.59 Å². The third-order valence-corrected chi connectivity index (χ3v) is 4.81. The molecule has 1 saturated carbocycles. The molecule has 2 N–H and O–H groups in total. The Morgan fingerprint density at radius 1 is 1.03 bits per heavy atom. The lowest BCUT2D eigenvalue weighted by Gasteiger charge is -2.30. The summed E-state index contributed by atoms with van der Waals surface area (Å²) in [5.74, 6) is -0.738. The third-order valence-electron chi connectivity index (χ3n) is 4.81. The van der Waals surface area contributed by atoms with Crippen LogP contribution in [-0.4, -0.2) is 54.7 Å². The first-order chi connectivity index (χ1) is 13.7. The van der Waals surface area contributed by atoms with Gasteiger partial charge in [0.15, 0.2) is 6.61 Å². The standard InChI is InChI=1S/C19H22F3N3O4/c20-19(21,22)11-29-18(28)25-9-7-13(8-10-25)17(27)23-14-3-1-12(2-4-14)16(26)24-15-5-6-15/h1-4,13,15H,5-11H2,(H,23,27)(H,24,26). The summed E-state index contributed by atoms with van der Waals surface area (Å²) in [4.78, 5) is 37.2. The fraction of sp³-hybridized carbons (Fsp3) is 0.526. The van der Waals surface area contributed by atoms with Gasteiger partial charge in [-0.25, -0.2) is 4.79 Å². The largest absolute Gasteiger partial charge is 0.440 e. The molecule has 0 unspecified atom stereocenters. The summed E-state index contributed by atoms with van der Waals surface area (Å²) in [6.45, 7) is -1.33. The molecule has 2 aliphatic rings. The molecule has 0 atom stereocenters. The minimum atomic E-state index is -4.57. The molecule has 1 aromatic rings. The monoisotopic (exact) mass is 413 g/mol. The van der Waals surface area contributed by atoms with Crippen LogP contribution in [0.2, 0.25) is 0 Å². The summed E-state index contributed by atoms with van der Waals surface area (Å²) in [5, 5.41) is 5.65. The highest BCUT2D eigenvalue weighted by atomic mass is 19.4. The van der Waals surface area contributed by atoms with Gasteiger partial charge in [0.2, 0.25) is 5.91 Å². The SMILES string of the molecule is O=C(NC1CC1)c1ccc(NC(=O)C2CCN(C(=O)OCC(F)(F)F)CC2)cc1. The van der Waals surface area contributed by atoms with Gasteiger partial charge in [0.05, 0.1) is 0 Å². The fourth-order valence-corrected chi connectivity index (χ4v) is 3.00. The third kappa shape index (κ3) is 6.37. The summed E-state index contributed by atoms with van der Waals surface area (Å²) in [6.07, 6.45) is -2.94. The predicted octanol–water partition coefficient (Wildman–Crippen LogP) is 2.93. The molecular weight excluding hydrogens is 391 g/mol. The second-order valence-electron chi connectivity index (χ2n) is 7.25. The quantitative estimate of drug-likeness (QED) is 0.777. The van der Waals surface area contributed by atoms with Gasteiger partial charge >= 0.3 is 12.3 Å². The number of rotatable bonds is 5. The summed E-state index contributed by atoms with van der Waals surface area (Å²) in [7, 11) is 0. The van der Waals surface area contributed by atoms with Crippen LogP contribution in [0.1, 0.15) is 36.0 Å². The Labute approximate surface area is 165 Å². The molecule has 2 fully saturated rings. The number of nitrogens with one attached hydrogen (secondary N) is 2. The molecule has 3 rings (SSSR count). The summed E-state index contributed by atoms with van der Waals surface area (Å²) >= 11 is 0. The highest BCUT2D eigenvalue weighted by Crippen LogP contribution is 2.22. The molecule has 0 spiro atoms. The zero-order valence-electron chi connectivity index (χ0n) is 15.6. The summed E-state index contributed by atoms with van der Waals surface area (Å²) < 4.78 is 40.6. The van der Waals surface area contributed by atoms with Gasteiger partial charge in [0.1, 0.15) is 0 Å². The van der Waals surface area contributed by atoms with Crippen molar-refractivity contribution in [3.63, 3.8) is 0 Å². The number of carbonyl (C=O) groups is 3. The van der Waals surface area contributed by atoms with Crippen molar-refractivity contribution in [2.24, 2.45) is 5.92 Å². The van der Waals surface area contributed by atoms with Crippen LogP contribution in [0.15, 0.2) is 24.3 Å². The van der Waals surface area contributed by atoms with E-state index in [1.807, 2.05) is 0 Å². The molecule has 1 saturated heterocycles. The Bertz CT molecular complexity index is 755. The van der Waals surface area contributed by atoms with Crippen molar-refractivity contribution in [2.75, 3.05) is 25.0 Å². The molecule has 158 valence electrons. The number of amides is 3. The number of piperidine rings is 1. The Kier molecular flexibility index (Phi) is 6.29. The maximum Gasteiger partial charge on any atom is 0.422 e. The Hall–Kier alpha value is -2.78. The predicted molar refractivity (Wildman–Crippen MR) is 97.3 cm³/mol. The molecular formula is C19H22F3N3O4. The van der Waals surface area contributed by atoms with Gasteiger partial charge < -0.3 is 20.3 Å². The van der Waals surface area contributed by atoms with E-state index < -0.39 is 18.9 Å². The highest BCUT2D eigenvalue weighted by Gasteiger charge is 2.33. The van der Waals surface area contributed by atoms with Crippen molar-refractivity contribution in [3.05, 3.63) is 29.8 Å². The van der Waals surface area contributed by atoms with Crippen molar-refractivity contribution < 1.29 is 32.3 Å². The van der Waals surface area contributed by atoms with Crippen molar-refractivity contribution >= 4 is 23.6 Å². The molecule has 7 nitrogen and oxygen atoms in total. The number of hydrogen-bond acceptors (Lipinski definition) is 4. The first-order valence-corrected chi connectivity index (χ1v) is 9.41. The number of ether oxygens (including phenoxy) is 1. The Morgan fingerprint density at radius 2 is 1.66 bits per heavy atom. The van der Waals surface area contributed by atoms with Crippen LogP contribution in [0.3, 0.4) is 0 Å². The lowest BCUT2D eigenvalue weighted by Crippen LogP contribution is -2.42. The average molecular weight is 413 g/mol. The van der Waals surface area contributed by atoms with E-state index in [9.17, 15) is 27.6 Å². The lowest BCUT2D eigenvalue weighted by atomic mass is 9.96. The molecule has 0 radical (unpaired) electrons. The summed E-state index contributed by atoms with van der Waals surface area (Å²) in [5.41, 5.74) is 1.06. The van der Waals surface area contributed by atoms with Crippen molar-refractivity contribution in [1.82, 2.24) is 10.2 Å². The number of hydrogen-bond donors (Lipinski definition) is 2. The Morgan fingerprint density at radius 3 is 2.21 bits per heavy atom. The number of alkyl halides is 3. The van der Waals surface area contributed by atoms with Crippen molar-refractivity contribution in [3.8, 4) is 0 Å².